The first kappa shape index (κ1) is 19.5. The summed E-state index contributed by atoms with van der Waals surface area (Å²) >= 11 is 0. The van der Waals surface area contributed by atoms with Gasteiger partial charge in [0.1, 0.15) is 0 Å². The fourth-order valence-corrected chi connectivity index (χ4v) is 6.60. The lowest BCUT2D eigenvalue weighted by molar-refractivity contribution is -0.112. The van der Waals surface area contributed by atoms with Crippen molar-refractivity contribution in [2.45, 2.75) is 89.5 Å². The van der Waals surface area contributed by atoms with Gasteiger partial charge in [-0.05, 0) is 107 Å². The number of aliphatic imine (C=N–C) groups is 1. The van der Waals surface area contributed by atoms with Gasteiger partial charge in [0.2, 0.25) is 0 Å². The molecule has 2 fully saturated rings. The third-order valence-corrected chi connectivity index (χ3v) is 8.26. The van der Waals surface area contributed by atoms with E-state index in [0.29, 0.717) is 17.7 Å². The van der Waals surface area contributed by atoms with Crippen LogP contribution in [0.5, 0.6) is 0 Å². The molecule has 3 aliphatic carbocycles. The maximum Gasteiger partial charge on any atom is 0.176 e. The largest absolute Gasteiger partial charge is 0.364 e. The van der Waals surface area contributed by atoms with Crippen molar-refractivity contribution in [2.75, 3.05) is 13.1 Å². The van der Waals surface area contributed by atoms with E-state index in [0.717, 1.165) is 43.5 Å². The van der Waals surface area contributed by atoms with Crippen LogP contribution in [-0.4, -0.2) is 35.6 Å². The zero-order valence-electron chi connectivity index (χ0n) is 17.8. The molecular weight excluding hydrogens is 358 g/mol. The fraction of sp³-hybridized carbons (Fsp3) is 0.760. The summed E-state index contributed by atoms with van der Waals surface area (Å²) in [5, 5.41) is 3.86. The van der Waals surface area contributed by atoms with E-state index in [1.807, 2.05) is 0 Å². The molecule has 1 aliphatic heterocycles. The molecule has 4 heteroatoms. The molecule has 2 atom stereocenters. The number of Topliss-reactive ketones (excluding diaryl/α,β-unsaturated/α-hetero) is 1. The van der Waals surface area contributed by atoms with Crippen LogP contribution in [0.15, 0.2) is 11.2 Å². The average molecular weight is 396 g/mol. The van der Waals surface area contributed by atoms with Crippen LogP contribution in [0, 0.1) is 17.8 Å². The van der Waals surface area contributed by atoms with E-state index in [4.69, 9.17) is 0 Å². The predicted octanol–water partition coefficient (Wildman–Crippen LogP) is 4.41. The van der Waals surface area contributed by atoms with E-state index in [-0.39, 0.29) is 0 Å². The number of nitrogens with one attached hydrogen (secondary N) is 2. The van der Waals surface area contributed by atoms with Gasteiger partial charge in [-0.25, -0.2) is 0 Å². The highest BCUT2D eigenvalue weighted by molar-refractivity contribution is 6.42. The smallest absolute Gasteiger partial charge is 0.176 e. The minimum absolute atomic E-state index is 0.344. The molecule has 29 heavy (non-hydrogen) atoms. The van der Waals surface area contributed by atoms with Crippen LogP contribution in [0.2, 0.25) is 0 Å². The second-order valence-corrected chi connectivity index (χ2v) is 10.0. The first-order valence-electron chi connectivity index (χ1n) is 12.3. The molecule has 0 spiro atoms. The minimum Gasteiger partial charge on any atom is -0.364 e. The van der Waals surface area contributed by atoms with Gasteiger partial charge in [-0.15, -0.1) is 0 Å². The molecule has 5 rings (SSSR count). The van der Waals surface area contributed by atoms with E-state index >= 15 is 0 Å². The number of aromatic nitrogens is 1. The number of nitrogens with zero attached hydrogens (tertiary/aromatic N) is 1. The molecule has 0 saturated heterocycles. The van der Waals surface area contributed by atoms with E-state index in [9.17, 15) is 4.79 Å². The Hall–Kier alpha value is -1.42. The fourth-order valence-electron chi connectivity index (χ4n) is 6.60. The molecule has 4 aliphatic rings. The maximum atomic E-state index is 12.0. The summed E-state index contributed by atoms with van der Waals surface area (Å²) in [6.07, 6.45) is 18.4. The molecule has 4 nitrogen and oxygen atoms in total. The van der Waals surface area contributed by atoms with Crippen molar-refractivity contribution in [1.82, 2.24) is 10.3 Å². The van der Waals surface area contributed by atoms with Crippen molar-refractivity contribution in [1.29, 1.82) is 0 Å². The monoisotopic (exact) mass is 395 g/mol. The number of hydrogen-bond acceptors (Lipinski definition) is 3. The van der Waals surface area contributed by atoms with Crippen LogP contribution < -0.4 is 5.32 Å². The lowest BCUT2D eigenvalue weighted by atomic mass is 9.74. The third kappa shape index (κ3) is 4.23. The summed E-state index contributed by atoms with van der Waals surface area (Å²) < 4.78 is 0. The number of fused-ring (bicyclic) bond motifs is 2. The number of hydrogen-bond donors (Lipinski definition) is 2. The van der Waals surface area contributed by atoms with Crippen LogP contribution in [0.1, 0.15) is 81.0 Å². The first-order valence-corrected chi connectivity index (χ1v) is 12.3. The summed E-state index contributed by atoms with van der Waals surface area (Å²) in [6, 6.07) is 0.706. The van der Waals surface area contributed by atoms with Crippen LogP contribution in [0.25, 0.3) is 0 Å². The summed E-state index contributed by atoms with van der Waals surface area (Å²) in [4.78, 5) is 20.1. The lowest BCUT2D eigenvalue weighted by Gasteiger charge is -2.34. The first-order chi connectivity index (χ1) is 14.3. The van der Waals surface area contributed by atoms with Crippen molar-refractivity contribution in [3.05, 3.63) is 23.0 Å². The van der Waals surface area contributed by atoms with Crippen LogP contribution in [-0.2, 0) is 24.1 Å². The highest BCUT2D eigenvalue weighted by Gasteiger charge is 2.39. The second kappa shape index (κ2) is 8.75. The van der Waals surface area contributed by atoms with Gasteiger partial charge in [0.25, 0.3) is 0 Å². The zero-order chi connectivity index (χ0) is 19.6. The molecule has 1 aromatic rings. The number of carbonyl (C=O) groups excluding carboxylic acids is 1. The van der Waals surface area contributed by atoms with Gasteiger partial charge in [0.15, 0.2) is 5.78 Å². The Bertz CT molecular complexity index is 756. The summed E-state index contributed by atoms with van der Waals surface area (Å²) in [6.45, 7) is 2.01. The van der Waals surface area contributed by atoms with Gasteiger partial charge in [0, 0.05) is 36.8 Å². The standard InChI is InChI=1S/C25H37N3O/c29-24-10-9-22-18(11-14-27-25(22)24)15-17-5-7-20(8-6-17)26-13-12-19-16-28-23-4-2-1-3-21(19)23/h16-18,20,22,26,28H,1-15H2. The molecular formula is C25H37N3O. The number of carbonyl (C=O) groups is 1. The maximum absolute atomic E-state index is 12.0. The molecule has 0 aromatic carbocycles. The second-order valence-electron chi connectivity index (χ2n) is 10.0. The van der Waals surface area contributed by atoms with Crippen molar-refractivity contribution in [3.63, 3.8) is 0 Å². The summed E-state index contributed by atoms with van der Waals surface area (Å²) in [5.74, 6) is 2.43. The SMILES string of the molecule is O=C1CCC2C1=NCCC2CC1CCC(NCCc2c[nH]c3c2CCCC3)CC1. The highest BCUT2D eigenvalue weighted by atomic mass is 16.1. The number of aromatic amines is 1. The van der Waals surface area contributed by atoms with Gasteiger partial charge in [-0.3, -0.25) is 9.79 Å². The molecule has 0 bridgehead atoms. The minimum atomic E-state index is 0.344. The number of ketones is 1. The average Bonchev–Trinajstić information content (AvgIpc) is 3.34. The third-order valence-electron chi connectivity index (χ3n) is 8.26. The topological polar surface area (TPSA) is 57.2 Å². The molecule has 0 radical (unpaired) electrons. The van der Waals surface area contributed by atoms with Gasteiger partial charge < -0.3 is 10.3 Å². The molecule has 2 unspecified atom stereocenters. The van der Waals surface area contributed by atoms with Crippen LogP contribution >= 0.6 is 0 Å². The van der Waals surface area contributed by atoms with Crippen LogP contribution in [0.4, 0.5) is 0 Å². The Morgan fingerprint density at radius 1 is 1.03 bits per heavy atom. The van der Waals surface area contributed by atoms with Crippen molar-refractivity contribution < 1.29 is 4.79 Å². The quantitative estimate of drug-likeness (QED) is 0.749. The molecule has 2 heterocycles. The van der Waals surface area contributed by atoms with E-state index in [2.05, 4.69) is 21.5 Å². The number of rotatable bonds is 6. The van der Waals surface area contributed by atoms with Gasteiger partial charge in [-0.1, -0.05) is 0 Å². The Balaban J connectivity index is 1.05. The molecule has 2 saturated carbocycles. The van der Waals surface area contributed by atoms with Crippen molar-refractivity contribution in [2.24, 2.45) is 22.7 Å². The normalized spacial score (nSPS) is 32.0. The lowest BCUT2D eigenvalue weighted by Crippen LogP contribution is -2.36. The Morgan fingerprint density at radius 3 is 2.79 bits per heavy atom. The molecule has 158 valence electrons. The van der Waals surface area contributed by atoms with Gasteiger partial charge >= 0.3 is 0 Å². The number of H-pyrrole nitrogens is 1. The molecule has 1 aromatic heterocycles. The van der Waals surface area contributed by atoms with Gasteiger partial charge in [0.05, 0.1) is 5.71 Å². The van der Waals surface area contributed by atoms with E-state index < -0.39 is 0 Å². The summed E-state index contributed by atoms with van der Waals surface area (Å²) in [7, 11) is 0. The zero-order valence-corrected chi connectivity index (χ0v) is 17.8. The Morgan fingerprint density at radius 2 is 1.90 bits per heavy atom. The van der Waals surface area contributed by atoms with Crippen molar-refractivity contribution >= 4 is 11.5 Å². The Kier molecular flexibility index (Phi) is 5.90. The van der Waals surface area contributed by atoms with Gasteiger partial charge in [-0.2, -0.15) is 0 Å². The molecule has 0 amide bonds. The highest BCUT2D eigenvalue weighted by Crippen LogP contribution is 2.39. The predicted molar refractivity (Wildman–Crippen MR) is 118 cm³/mol. The number of aryl methyl sites for hydroxylation is 1. The summed E-state index contributed by atoms with van der Waals surface area (Å²) in [5.41, 5.74) is 5.65. The van der Waals surface area contributed by atoms with E-state index in [1.54, 1.807) is 11.1 Å². The molecule has 2 N–H and O–H groups in total. The Labute approximate surface area is 175 Å². The van der Waals surface area contributed by atoms with E-state index in [1.165, 1.54) is 76.3 Å². The van der Waals surface area contributed by atoms with Crippen molar-refractivity contribution in [3.8, 4) is 0 Å². The van der Waals surface area contributed by atoms with Crippen LogP contribution in [0.3, 0.4) is 0 Å².